The molecule has 0 aliphatic rings. The minimum Gasteiger partial charge on any atom is -0.322 e. The summed E-state index contributed by atoms with van der Waals surface area (Å²) in [6, 6.07) is 23.0. The fourth-order valence-electron chi connectivity index (χ4n) is 2.60. The molecule has 0 unspecified atom stereocenters. The van der Waals surface area contributed by atoms with Crippen molar-refractivity contribution in [2.75, 3.05) is 16.7 Å². The van der Waals surface area contributed by atoms with Crippen LogP contribution < -0.4 is 9.62 Å². The summed E-state index contributed by atoms with van der Waals surface area (Å²) < 4.78 is 27.0. The quantitative estimate of drug-likeness (QED) is 0.719. The van der Waals surface area contributed by atoms with E-state index in [9.17, 15) is 13.2 Å². The Morgan fingerprint density at radius 2 is 1.68 bits per heavy atom. The van der Waals surface area contributed by atoms with E-state index in [0.29, 0.717) is 16.9 Å². The van der Waals surface area contributed by atoms with Gasteiger partial charge in [-0.05, 0) is 48.5 Å². The third-order valence-electron chi connectivity index (χ3n) is 4.12. The van der Waals surface area contributed by atoms with E-state index in [1.807, 2.05) is 6.07 Å². The van der Waals surface area contributed by atoms with Gasteiger partial charge in [-0.1, -0.05) is 30.3 Å². The molecule has 1 amide bonds. The number of nitriles is 1. The summed E-state index contributed by atoms with van der Waals surface area (Å²) in [5.74, 6) is -0.463. The molecular weight excluding hydrogens is 374 g/mol. The van der Waals surface area contributed by atoms with E-state index in [-0.39, 0.29) is 10.5 Å². The Labute approximate surface area is 163 Å². The van der Waals surface area contributed by atoms with Crippen LogP contribution in [0.5, 0.6) is 0 Å². The molecule has 0 bridgehead atoms. The maximum Gasteiger partial charge on any atom is 0.264 e. The number of para-hydroxylation sites is 1. The molecule has 3 aromatic carbocycles. The molecule has 0 heterocycles. The van der Waals surface area contributed by atoms with E-state index in [0.717, 1.165) is 0 Å². The number of carbonyl (C=O) groups excluding carboxylic acids is 1. The predicted octanol–water partition coefficient (Wildman–Crippen LogP) is 3.64. The lowest BCUT2D eigenvalue weighted by Gasteiger charge is -2.19. The first-order valence-electron chi connectivity index (χ1n) is 8.37. The molecule has 6 nitrogen and oxygen atoms in total. The van der Waals surface area contributed by atoms with Gasteiger partial charge in [-0.25, -0.2) is 8.42 Å². The molecule has 0 fully saturated rings. The van der Waals surface area contributed by atoms with E-state index in [2.05, 4.69) is 5.32 Å². The molecule has 28 heavy (non-hydrogen) atoms. The molecule has 3 aromatic rings. The Balaban J connectivity index is 1.87. The van der Waals surface area contributed by atoms with Gasteiger partial charge in [0.05, 0.1) is 22.2 Å². The number of nitrogens with one attached hydrogen (secondary N) is 1. The first-order valence-corrected chi connectivity index (χ1v) is 9.81. The smallest absolute Gasteiger partial charge is 0.264 e. The van der Waals surface area contributed by atoms with Gasteiger partial charge < -0.3 is 5.32 Å². The molecule has 1 N–H and O–H groups in total. The summed E-state index contributed by atoms with van der Waals surface area (Å²) in [4.78, 5) is 12.5. The number of sulfonamides is 1. The van der Waals surface area contributed by atoms with Gasteiger partial charge in [-0.2, -0.15) is 5.26 Å². The van der Waals surface area contributed by atoms with Crippen LogP contribution in [-0.4, -0.2) is 21.4 Å². The number of benzene rings is 3. The van der Waals surface area contributed by atoms with Crippen molar-refractivity contribution >= 4 is 27.3 Å². The van der Waals surface area contributed by atoms with Gasteiger partial charge in [-0.3, -0.25) is 9.10 Å². The highest BCUT2D eigenvalue weighted by atomic mass is 32.2. The molecule has 7 heteroatoms. The SMILES string of the molecule is CN(c1ccccc1)S(=O)(=O)c1cccc(C(=O)Nc2cccc(C#N)c2)c1. The van der Waals surface area contributed by atoms with Crippen LogP contribution in [0.3, 0.4) is 0 Å². The molecule has 0 aliphatic heterocycles. The Bertz CT molecular complexity index is 1150. The molecule has 0 saturated carbocycles. The molecule has 0 spiro atoms. The molecule has 0 aliphatic carbocycles. The minimum absolute atomic E-state index is 0.0114. The zero-order chi connectivity index (χ0) is 20.1. The Hall–Kier alpha value is -3.63. The maximum absolute atomic E-state index is 12.9. The minimum atomic E-state index is -3.82. The van der Waals surface area contributed by atoms with Crippen molar-refractivity contribution in [3.63, 3.8) is 0 Å². The number of anilines is 2. The monoisotopic (exact) mass is 391 g/mol. The summed E-state index contributed by atoms with van der Waals surface area (Å²) in [6.07, 6.45) is 0. The number of carbonyl (C=O) groups is 1. The van der Waals surface area contributed by atoms with Gasteiger partial charge in [0.25, 0.3) is 15.9 Å². The van der Waals surface area contributed by atoms with Crippen LogP contribution in [-0.2, 0) is 10.0 Å². The van der Waals surface area contributed by atoms with Crippen LogP contribution >= 0.6 is 0 Å². The summed E-state index contributed by atoms with van der Waals surface area (Å²) >= 11 is 0. The molecule has 3 rings (SSSR count). The zero-order valence-corrected chi connectivity index (χ0v) is 15.8. The molecule has 0 atom stereocenters. The second kappa shape index (κ2) is 7.94. The predicted molar refractivity (Wildman–Crippen MR) is 108 cm³/mol. The van der Waals surface area contributed by atoms with E-state index in [4.69, 9.17) is 5.26 Å². The van der Waals surface area contributed by atoms with Crippen LogP contribution in [0.2, 0.25) is 0 Å². The standard InChI is InChI=1S/C21H17N3O3S/c1-24(19-10-3-2-4-11-19)28(26,27)20-12-6-8-17(14-20)21(25)23-18-9-5-7-16(13-18)15-22/h2-14H,1H3,(H,23,25). The van der Waals surface area contributed by atoms with E-state index >= 15 is 0 Å². The van der Waals surface area contributed by atoms with Gasteiger partial charge in [0, 0.05) is 18.3 Å². The summed E-state index contributed by atoms with van der Waals surface area (Å²) in [5.41, 5.74) is 1.59. The Morgan fingerprint density at radius 1 is 0.964 bits per heavy atom. The van der Waals surface area contributed by atoms with Crippen LogP contribution in [0.4, 0.5) is 11.4 Å². The highest BCUT2D eigenvalue weighted by Crippen LogP contribution is 2.22. The zero-order valence-electron chi connectivity index (χ0n) is 15.0. The van der Waals surface area contributed by atoms with Gasteiger partial charge in [-0.15, -0.1) is 0 Å². The van der Waals surface area contributed by atoms with Gasteiger partial charge >= 0.3 is 0 Å². The van der Waals surface area contributed by atoms with Crippen molar-refractivity contribution in [3.05, 3.63) is 90.0 Å². The number of hydrogen-bond donors (Lipinski definition) is 1. The molecule has 0 radical (unpaired) electrons. The van der Waals surface area contributed by atoms with Crippen LogP contribution in [0, 0.1) is 11.3 Å². The highest BCUT2D eigenvalue weighted by molar-refractivity contribution is 7.92. The number of amides is 1. The highest BCUT2D eigenvalue weighted by Gasteiger charge is 2.22. The van der Waals surface area contributed by atoms with Crippen LogP contribution in [0.25, 0.3) is 0 Å². The van der Waals surface area contributed by atoms with Crippen molar-refractivity contribution in [1.82, 2.24) is 0 Å². The lowest BCUT2D eigenvalue weighted by molar-refractivity contribution is 0.102. The van der Waals surface area contributed by atoms with E-state index in [1.54, 1.807) is 54.6 Å². The summed E-state index contributed by atoms with van der Waals surface area (Å²) in [6.45, 7) is 0. The second-order valence-corrected chi connectivity index (χ2v) is 7.95. The Kier molecular flexibility index (Phi) is 5.43. The largest absolute Gasteiger partial charge is 0.322 e. The van der Waals surface area contributed by atoms with Crippen molar-refractivity contribution in [2.45, 2.75) is 4.90 Å². The van der Waals surface area contributed by atoms with E-state index in [1.165, 1.54) is 35.6 Å². The molecule has 140 valence electrons. The average molecular weight is 391 g/mol. The van der Waals surface area contributed by atoms with Crippen LogP contribution in [0.15, 0.2) is 83.8 Å². The van der Waals surface area contributed by atoms with Crippen molar-refractivity contribution < 1.29 is 13.2 Å². The van der Waals surface area contributed by atoms with Gasteiger partial charge in [0.2, 0.25) is 0 Å². The average Bonchev–Trinajstić information content (AvgIpc) is 2.74. The molecule has 0 saturated heterocycles. The summed E-state index contributed by atoms with van der Waals surface area (Å²) in [7, 11) is -2.36. The fraction of sp³-hybridized carbons (Fsp3) is 0.0476. The first-order chi connectivity index (χ1) is 13.4. The lowest BCUT2D eigenvalue weighted by atomic mass is 10.2. The lowest BCUT2D eigenvalue weighted by Crippen LogP contribution is -2.26. The van der Waals surface area contributed by atoms with Crippen molar-refractivity contribution in [1.29, 1.82) is 5.26 Å². The van der Waals surface area contributed by atoms with E-state index < -0.39 is 15.9 Å². The number of rotatable bonds is 5. The molecule has 0 aromatic heterocycles. The fourth-order valence-corrected chi connectivity index (χ4v) is 3.84. The number of hydrogen-bond acceptors (Lipinski definition) is 4. The van der Waals surface area contributed by atoms with Gasteiger partial charge in [0.1, 0.15) is 0 Å². The van der Waals surface area contributed by atoms with Crippen molar-refractivity contribution in [2.24, 2.45) is 0 Å². The Morgan fingerprint density at radius 3 is 2.39 bits per heavy atom. The van der Waals surface area contributed by atoms with Crippen molar-refractivity contribution in [3.8, 4) is 6.07 Å². The normalized spacial score (nSPS) is 10.7. The second-order valence-electron chi connectivity index (χ2n) is 5.98. The first kappa shape index (κ1) is 19.1. The number of nitrogens with zero attached hydrogens (tertiary/aromatic N) is 2. The molecular formula is C21H17N3O3S. The van der Waals surface area contributed by atoms with Crippen LogP contribution in [0.1, 0.15) is 15.9 Å². The summed E-state index contributed by atoms with van der Waals surface area (Å²) in [5, 5.41) is 11.6. The third-order valence-corrected chi connectivity index (χ3v) is 5.91. The third kappa shape index (κ3) is 4.03. The topological polar surface area (TPSA) is 90.3 Å². The van der Waals surface area contributed by atoms with Gasteiger partial charge in [0.15, 0.2) is 0 Å². The maximum atomic E-state index is 12.9.